The van der Waals surface area contributed by atoms with E-state index < -0.39 is 5.97 Å². The van der Waals surface area contributed by atoms with Gasteiger partial charge in [0.05, 0.1) is 23.4 Å². The highest BCUT2D eigenvalue weighted by Crippen LogP contribution is 2.35. The maximum atomic E-state index is 11.8. The van der Waals surface area contributed by atoms with Gasteiger partial charge in [0.2, 0.25) is 0 Å². The second-order valence-corrected chi connectivity index (χ2v) is 5.44. The third-order valence-corrected chi connectivity index (χ3v) is 4.07. The van der Waals surface area contributed by atoms with Gasteiger partial charge in [-0.3, -0.25) is 9.59 Å². The molecule has 0 saturated carbocycles. The molecule has 6 heteroatoms. The summed E-state index contributed by atoms with van der Waals surface area (Å²) in [5.74, 6) is -0.585. The number of rotatable bonds is 5. The van der Waals surface area contributed by atoms with Crippen molar-refractivity contribution in [1.29, 1.82) is 0 Å². The zero-order valence-electron chi connectivity index (χ0n) is 10.1. The van der Waals surface area contributed by atoms with Crippen LogP contribution < -0.4 is 4.74 Å². The summed E-state index contributed by atoms with van der Waals surface area (Å²) in [5, 5.41) is 9.91. The Morgan fingerprint density at radius 1 is 1.32 bits per heavy atom. The Hall–Kier alpha value is -1.59. The standard InChI is InChI=1S/C13H11ClO4S/c1-18-10-6-11-7(4-8(10)14)5-12(19-11)9(15)2-3-13(16)17/h4-6H,2-3H2,1H3,(H,16,17). The second-order valence-electron chi connectivity index (χ2n) is 3.95. The highest BCUT2D eigenvalue weighted by Gasteiger charge is 2.13. The first-order chi connectivity index (χ1) is 9.01. The lowest BCUT2D eigenvalue weighted by molar-refractivity contribution is -0.136. The van der Waals surface area contributed by atoms with Gasteiger partial charge in [0.1, 0.15) is 5.75 Å². The number of hydrogen-bond donors (Lipinski definition) is 1. The Kier molecular flexibility index (Phi) is 4.07. The van der Waals surface area contributed by atoms with Gasteiger partial charge >= 0.3 is 5.97 Å². The summed E-state index contributed by atoms with van der Waals surface area (Å²) in [5.41, 5.74) is 0. The van der Waals surface area contributed by atoms with Crippen molar-refractivity contribution < 1.29 is 19.4 Å². The van der Waals surface area contributed by atoms with Crippen LogP contribution in [-0.2, 0) is 4.79 Å². The smallest absolute Gasteiger partial charge is 0.303 e. The average Bonchev–Trinajstić information content (AvgIpc) is 2.77. The van der Waals surface area contributed by atoms with Crippen molar-refractivity contribution in [1.82, 2.24) is 0 Å². The molecule has 2 aromatic rings. The zero-order valence-corrected chi connectivity index (χ0v) is 11.7. The molecule has 0 bridgehead atoms. The molecule has 4 nitrogen and oxygen atoms in total. The van der Waals surface area contributed by atoms with Crippen LogP contribution in [0.4, 0.5) is 0 Å². The molecule has 1 N–H and O–H groups in total. The molecule has 2 rings (SSSR count). The Bertz CT molecular complexity index is 647. The fourth-order valence-corrected chi connectivity index (χ4v) is 2.97. The van der Waals surface area contributed by atoms with E-state index in [-0.39, 0.29) is 18.6 Å². The van der Waals surface area contributed by atoms with Gasteiger partial charge in [0.15, 0.2) is 5.78 Å². The minimum absolute atomic E-state index is 0.00697. The van der Waals surface area contributed by atoms with Crippen molar-refractivity contribution in [2.45, 2.75) is 12.8 Å². The molecule has 100 valence electrons. The van der Waals surface area contributed by atoms with Gasteiger partial charge in [-0.2, -0.15) is 0 Å². The van der Waals surface area contributed by atoms with Gasteiger partial charge in [0.25, 0.3) is 0 Å². The Morgan fingerprint density at radius 2 is 2.05 bits per heavy atom. The topological polar surface area (TPSA) is 63.6 Å². The molecule has 1 aromatic heterocycles. The third-order valence-electron chi connectivity index (χ3n) is 2.63. The van der Waals surface area contributed by atoms with E-state index in [9.17, 15) is 9.59 Å². The van der Waals surface area contributed by atoms with Gasteiger partial charge in [-0.25, -0.2) is 0 Å². The van der Waals surface area contributed by atoms with Crippen LogP contribution in [-0.4, -0.2) is 24.0 Å². The van der Waals surface area contributed by atoms with Crippen molar-refractivity contribution in [3.63, 3.8) is 0 Å². The van der Waals surface area contributed by atoms with Crippen molar-refractivity contribution >= 4 is 44.8 Å². The fraction of sp³-hybridized carbons (Fsp3) is 0.231. The van der Waals surface area contributed by atoms with Gasteiger partial charge < -0.3 is 9.84 Å². The number of Topliss-reactive ketones (excluding diaryl/α,β-unsaturated/α-hetero) is 1. The van der Waals surface area contributed by atoms with Crippen molar-refractivity contribution in [2.75, 3.05) is 7.11 Å². The molecular formula is C13H11ClO4S. The van der Waals surface area contributed by atoms with Crippen LogP contribution in [0.2, 0.25) is 5.02 Å². The zero-order chi connectivity index (χ0) is 14.0. The Morgan fingerprint density at radius 3 is 2.68 bits per heavy atom. The first-order valence-electron chi connectivity index (χ1n) is 5.53. The predicted molar refractivity (Wildman–Crippen MR) is 74.6 cm³/mol. The maximum absolute atomic E-state index is 11.8. The van der Waals surface area contributed by atoms with Crippen LogP contribution in [0.3, 0.4) is 0 Å². The minimum atomic E-state index is -0.973. The van der Waals surface area contributed by atoms with Crippen LogP contribution in [0.15, 0.2) is 18.2 Å². The van der Waals surface area contributed by atoms with Crippen LogP contribution in [0.1, 0.15) is 22.5 Å². The number of hydrogen-bond acceptors (Lipinski definition) is 4. The molecule has 0 radical (unpaired) electrons. The Labute approximate surface area is 118 Å². The van der Waals surface area contributed by atoms with E-state index >= 15 is 0 Å². The van der Waals surface area contributed by atoms with Crippen molar-refractivity contribution in [3.05, 3.63) is 28.1 Å². The summed E-state index contributed by atoms with van der Waals surface area (Å²) >= 11 is 7.33. The normalized spacial score (nSPS) is 10.6. The third kappa shape index (κ3) is 3.05. The molecular weight excluding hydrogens is 288 g/mol. The molecule has 0 aliphatic rings. The van der Waals surface area contributed by atoms with Gasteiger partial charge in [-0.15, -0.1) is 11.3 Å². The number of fused-ring (bicyclic) bond motifs is 1. The second kappa shape index (κ2) is 5.59. The number of carbonyl (C=O) groups is 2. The number of thiophene rings is 1. The highest BCUT2D eigenvalue weighted by atomic mass is 35.5. The number of carbonyl (C=O) groups excluding carboxylic acids is 1. The lowest BCUT2D eigenvalue weighted by atomic mass is 10.1. The van der Waals surface area contributed by atoms with Crippen LogP contribution >= 0.6 is 22.9 Å². The fourth-order valence-electron chi connectivity index (χ4n) is 1.68. The SMILES string of the molecule is COc1cc2sc(C(=O)CCC(=O)O)cc2cc1Cl. The first kappa shape index (κ1) is 13.8. The number of ketones is 1. The molecule has 0 atom stereocenters. The summed E-state index contributed by atoms with van der Waals surface area (Å²) in [4.78, 5) is 22.8. The molecule has 1 heterocycles. The number of ether oxygens (including phenoxy) is 1. The van der Waals surface area contributed by atoms with Crippen molar-refractivity contribution in [3.8, 4) is 5.75 Å². The van der Waals surface area contributed by atoms with Gasteiger partial charge in [-0.1, -0.05) is 11.6 Å². The number of aliphatic carboxylic acids is 1. The summed E-state index contributed by atoms with van der Waals surface area (Å²) < 4.78 is 6.00. The predicted octanol–water partition coefficient (Wildman–Crippen LogP) is 3.61. The lowest BCUT2D eigenvalue weighted by Gasteiger charge is -2.01. The molecule has 19 heavy (non-hydrogen) atoms. The van der Waals surface area contributed by atoms with Crippen LogP contribution in [0.25, 0.3) is 10.1 Å². The molecule has 0 unspecified atom stereocenters. The first-order valence-corrected chi connectivity index (χ1v) is 6.73. The van der Waals surface area contributed by atoms with Gasteiger partial charge in [0, 0.05) is 11.1 Å². The minimum Gasteiger partial charge on any atom is -0.495 e. The number of carboxylic acids is 1. The number of benzene rings is 1. The van der Waals surface area contributed by atoms with E-state index in [2.05, 4.69) is 0 Å². The molecule has 0 aliphatic carbocycles. The van der Waals surface area contributed by atoms with Crippen molar-refractivity contribution in [2.24, 2.45) is 0 Å². The van der Waals surface area contributed by atoms with E-state index in [0.717, 1.165) is 10.1 Å². The Balaban J connectivity index is 2.31. The monoisotopic (exact) mass is 298 g/mol. The van der Waals surface area contributed by atoms with Crippen LogP contribution in [0, 0.1) is 0 Å². The molecule has 0 fully saturated rings. The highest BCUT2D eigenvalue weighted by molar-refractivity contribution is 7.20. The summed E-state index contributed by atoms with van der Waals surface area (Å²) in [6.07, 6.45) is -0.149. The number of carboxylic acid groups (broad SMARTS) is 1. The van der Waals surface area contributed by atoms with E-state index in [4.69, 9.17) is 21.4 Å². The maximum Gasteiger partial charge on any atom is 0.303 e. The summed E-state index contributed by atoms with van der Waals surface area (Å²) in [6.45, 7) is 0. The number of methoxy groups -OCH3 is 1. The molecule has 0 amide bonds. The molecule has 0 spiro atoms. The molecule has 0 saturated heterocycles. The quantitative estimate of drug-likeness (QED) is 0.856. The number of halogens is 1. The summed E-state index contributed by atoms with van der Waals surface area (Å²) in [6, 6.07) is 5.24. The summed E-state index contributed by atoms with van der Waals surface area (Å²) in [7, 11) is 1.53. The average molecular weight is 299 g/mol. The van der Waals surface area contributed by atoms with E-state index in [1.54, 1.807) is 18.2 Å². The largest absolute Gasteiger partial charge is 0.495 e. The van der Waals surface area contributed by atoms with E-state index in [0.29, 0.717) is 15.6 Å². The lowest BCUT2D eigenvalue weighted by Crippen LogP contribution is -2.01. The molecule has 1 aromatic carbocycles. The van der Waals surface area contributed by atoms with Crippen LogP contribution in [0.5, 0.6) is 5.75 Å². The molecule has 0 aliphatic heterocycles. The van der Waals surface area contributed by atoms with Gasteiger partial charge in [-0.05, 0) is 23.6 Å². The van der Waals surface area contributed by atoms with E-state index in [1.165, 1.54) is 18.4 Å². The van der Waals surface area contributed by atoms with E-state index in [1.807, 2.05) is 0 Å².